The largest absolute Gasteiger partial charge is 0.332 e. The van der Waals surface area contributed by atoms with Gasteiger partial charge in [0.1, 0.15) is 5.69 Å². The van der Waals surface area contributed by atoms with E-state index in [2.05, 4.69) is 10.6 Å². The molecule has 0 aromatic heterocycles. The maximum Gasteiger partial charge on any atom is 0.185 e. The number of halogens is 4. The van der Waals surface area contributed by atoms with Crippen LogP contribution in [0.15, 0.2) is 24.3 Å². The third-order valence-corrected chi connectivity index (χ3v) is 3.18. The van der Waals surface area contributed by atoms with Crippen LogP contribution in [0.4, 0.5) is 28.9 Å². The molecular weight excluding hydrogens is 316 g/mol. The Morgan fingerprint density at radius 1 is 0.909 bits per heavy atom. The molecule has 0 fully saturated rings. The number of hydrogen-bond acceptors (Lipinski definition) is 1. The molecule has 0 saturated carbocycles. The fourth-order valence-electron chi connectivity index (χ4n) is 1.90. The number of nitrogens with one attached hydrogen (secondary N) is 2. The van der Waals surface area contributed by atoms with E-state index in [1.54, 1.807) is 6.07 Å². The summed E-state index contributed by atoms with van der Waals surface area (Å²) >= 11 is 4.92. The summed E-state index contributed by atoms with van der Waals surface area (Å²) in [6.07, 6.45) is 0. The van der Waals surface area contributed by atoms with Crippen LogP contribution >= 0.6 is 12.2 Å². The molecule has 2 aromatic rings. The van der Waals surface area contributed by atoms with Crippen LogP contribution in [0.2, 0.25) is 0 Å². The van der Waals surface area contributed by atoms with Gasteiger partial charge in [-0.25, -0.2) is 17.6 Å². The Hall–Kier alpha value is -2.15. The van der Waals surface area contributed by atoms with E-state index in [0.29, 0.717) is 5.69 Å². The van der Waals surface area contributed by atoms with Crippen LogP contribution in [-0.4, -0.2) is 5.11 Å². The minimum Gasteiger partial charge on any atom is -0.332 e. The second kappa shape index (κ2) is 6.31. The monoisotopic (exact) mass is 328 g/mol. The molecule has 0 heterocycles. The first kappa shape index (κ1) is 16.2. The van der Waals surface area contributed by atoms with E-state index in [9.17, 15) is 17.6 Å². The molecule has 22 heavy (non-hydrogen) atoms. The summed E-state index contributed by atoms with van der Waals surface area (Å²) in [4.78, 5) is 0. The van der Waals surface area contributed by atoms with Crippen LogP contribution in [0.3, 0.4) is 0 Å². The Morgan fingerprint density at radius 2 is 1.50 bits per heavy atom. The van der Waals surface area contributed by atoms with Crippen molar-refractivity contribution in [3.63, 3.8) is 0 Å². The van der Waals surface area contributed by atoms with Crippen molar-refractivity contribution in [1.29, 1.82) is 0 Å². The number of aryl methyl sites for hydroxylation is 2. The van der Waals surface area contributed by atoms with Gasteiger partial charge in [-0.3, -0.25) is 0 Å². The first-order valence-electron chi connectivity index (χ1n) is 6.28. The number of anilines is 2. The van der Waals surface area contributed by atoms with Gasteiger partial charge in [0, 0.05) is 11.8 Å². The van der Waals surface area contributed by atoms with Crippen LogP contribution in [0, 0.1) is 37.1 Å². The predicted molar refractivity (Wildman–Crippen MR) is 82.0 cm³/mol. The Labute approximate surface area is 130 Å². The number of benzene rings is 2. The summed E-state index contributed by atoms with van der Waals surface area (Å²) in [6.45, 7) is 3.73. The maximum atomic E-state index is 13.5. The van der Waals surface area contributed by atoms with Gasteiger partial charge in [-0.05, 0) is 37.7 Å². The van der Waals surface area contributed by atoms with Crippen LogP contribution in [0.25, 0.3) is 0 Å². The first-order chi connectivity index (χ1) is 10.3. The van der Waals surface area contributed by atoms with Gasteiger partial charge in [-0.2, -0.15) is 0 Å². The Bertz CT molecular complexity index is 721. The van der Waals surface area contributed by atoms with Crippen molar-refractivity contribution in [3.8, 4) is 0 Å². The summed E-state index contributed by atoms with van der Waals surface area (Å²) < 4.78 is 53.3. The molecule has 7 heteroatoms. The van der Waals surface area contributed by atoms with Crippen molar-refractivity contribution in [3.05, 3.63) is 58.7 Å². The van der Waals surface area contributed by atoms with Crippen molar-refractivity contribution in [2.24, 2.45) is 0 Å². The minimum absolute atomic E-state index is 0.135. The molecule has 0 aliphatic rings. The van der Waals surface area contributed by atoms with Crippen LogP contribution < -0.4 is 10.6 Å². The van der Waals surface area contributed by atoms with Crippen LogP contribution in [0.5, 0.6) is 0 Å². The molecule has 0 amide bonds. The fourth-order valence-corrected chi connectivity index (χ4v) is 2.12. The topological polar surface area (TPSA) is 24.1 Å². The van der Waals surface area contributed by atoms with E-state index in [1.807, 2.05) is 26.0 Å². The molecule has 2 N–H and O–H groups in total. The van der Waals surface area contributed by atoms with Crippen molar-refractivity contribution in [1.82, 2.24) is 0 Å². The Balaban J connectivity index is 2.23. The summed E-state index contributed by atoms with van der Waals surface area (Å²) in [6, 6.07) is 5.57. The van der Waals surface area contributed by atoms with E-state index in [1.165, 1.54) is 0 Å². The average molecular weight is 328 g/mol. The molecule has 2 nitrogen and oxygen atoms in total. The molecule has 0 radical (unpaired) electrons. The average Bonchev–Trinajstić information content (AvgIpc) is 2.44. The van der Waals surface area contributed by atoms with Crippen molar-refractivity contribution >= 4 is 28.7 Å². The second-order valence-electron chi connectivity index (χ2n) is 4.74. The fraction of sp³-hybridized carbons (Fsp3) is 0.133. The van der Waals surface area contributed by atoms with E-state index >= 15 is 0 Å². The third kappa shape index (κ3) is 3.36. The molecule has 0 spiro atoms. The van der Waals surface area contributed by atoms with Crippen LogP contribution in [-0.2, 0) is 0 Å². The minimum atomic E-state index is -1.54. The lowest BCUT2D eigenvalue weighted by Crippen LogP contribution is -2.22. The zero-order valence-corrected chi connectivity index (χ0v) is 12.5. The van der Waals surface area contributed by atoms with Crippen LogP contribution in [0.1, 0.15) is 11.1 Å². The second-order valence-corrected chi connectivity index (χ2v) is 5.15. The number of thiocarbonyl (C=S) groups is 1. The molecule has 0 aliphatic carbocycles. The van der Waals surface area contributed by atoms with E-state index in [0.717, 1.165) is 11.1 Å². The molecular formula is C15H12F4N2S. The predicted octanol–water partition coefficient (Wildman–Crippen LogP) is 4.67. The van der Waals surface area contributed by atoms with Gasteiger partial charge in [-0.1, -0.05) is 17.7 Å². The SMILES string of the molecule is Cc1ccc(NC(=S)Nc2c(F)c(F)cc(F)c2F)c(C)c1. The highest BCUT2D eigenvalue weighted by Gasteiger charge is 2.20. The molecule has 0 saturated heterocycles. The lowest BCUT2D eigenvalue weighted by molar-refractivity contribution is 0.459. The van der Waals surface area contributed by atoms with Gasteiger partial charge < -0.3 is 10.6 Å². The van der Waals surface area contributed by atoms with E-state index in [-0.39, 0.29) is 11.2 Å². The van der Waals surface area contributed by atoms with E-state index in [4.69, 9.17) is 12.2 Å². The lowest BCUT2D eigenvalue weighted by atomic mass is 10.1. The van der Waals surface area contributed by atoms with Gasteiger partial charge in [0.15, 0.2) is 28.4 Å². The first-order valence-corrected chi connectivity index (χ1v) is 6.68. The van der Waals surface area contributed by atoms with Crippen molar-refractivity contribution < 1.29 is 17.6 Å². The van der Waals surface area contributed by atoms with Gasteiger partial charge in [0.2, 0.25) is 0 Å². The standard InChI is InChI=1S/C15H12F4N2S/c1-7-3-4-11(8(2)5-7)20-15(22)21-14-12(18)9(16)6-10(17)13(14)19/h3-6H,1-2H3,(H2,20,21,22). The van der Waals surface area contributed by atoms with Crippen molar-refractivity contribution in [2.75, 3.05) is 10.6 Å². The highest BCUT2D eigenvalue weighted by atomic mass is 32.1. The zero-order valence-electron chi connectivity index (χ0n) is 11.7. The smallest absolute Gasteiger partial charge is 0.185 e. The number of rotatable bonds is 2. The molecule has 116 valence electrons. The van der Waals surface area contributed by atoms with Gasteiger partial charge in [-0.15, -0.1) is 0 Å². The zero-order chi connectivity index (χ0) is 16.4. The van der Waals surface area contributed by atoms with Crippen molar-refractivity contribution in [2.45, 2.75) is 13.8 Å². The molecule has 0 unspecified atom stereocenters. The molecule has 2 aromatic carbocycles. The summed E-state index contributed by atoms with van der Waals surface area (Å²) in [7, 11) is 0. The molecule has 0 aliphatic heterocycles. The summed E-state index contributed by atoms with van der Waals surface area (Å²) in [5, 5.41) is 4.68. The lowest BCUT2D eigenvalue weighted by Gasteiger charge is -2.14. The molecule has 0 atom stereocenters. The Kier molecular flexibility index (Phi) is 4.65. The summed E-state index contributed by atoms with van der Waals surface area (Å²) in [5.41, 5.74) is 1.53. The normalized spacial score (nSPS) is 10.5. The maximum absolute atomic E-state index is 13.5. The van der Waals surface area contributed by atoms with E-state index < -0.39 is 29.0 Å². The highest BCUT2D eigenvalue weighted by Crippen LogP contribution is 2.24. The number of hydrogen-bond donors (Lipinski definition) is 2. The molecule has 2 rings (SSSR count). The quantitative estimate of drug-likeness (QED) is 0.476. The molecule has 0 bridgehead atoms. The van der Waals surface area contributed by atoms with Gasteiger partial charge >= 0.3 is 0 Å². The third-order valence-electron chi connectivity index (χ3n) is 2.98. The highest BCUT2D eigenvalue weighted by molar-refractivity contribution is 7.80. The summed E-state index contributed by atoms with van der Waals surface area (Å²) in [5.74, 6) is -6.08. The van der Waals surface area contributed by atoms with Gasteiger partial charge in [0.25, 0.3) is 0 Å². The Morgan fingerprint density at radius 3 is 2.05 bits per heavy atom. The van der Waals surface area contributed by atoms with Gasteiger partial charge in [0.05, 0.1) is 0 Å².